The van der Waals surface area contributed by atoms with Crippen molar-refractivity contribution in [2.75, 3.05) is 5.73 Å². The van der Waals surface area contributed by atoms with Crippen LogP contribution in [0.3, 0.4) is 0 Å². The zero-order chi connectivity index (χ0) is 12.3. The van der Waals surface area contributed by atoms with Gasteiger partial charge in [-0.1, -0.05) is 11.6 Å². The molecule has 1 rings (SSSR count). The first-order valence-corrected chi connectivity index (χ1v) is 5.11. The molecule has 0 heterocycles. The van der Waals surface area contributed by atoms with Crippen LogP contribution in [-0.2, 0) is 4.74 Å². The van der Waals surface area contributed by atoms with Gasteiger partial charge in [-0.2, -0.15) is 0 Å². The fourth-order valence-electron chi connectivity index (χ4n) is 0.957. The highest BCUT2D eigenvalue weighted by Gasteiger charge is 2.18. The molecule has 0 saturated heterocycles. The third-order valence-electron chi connectivity index (χ3n) is 1.56. The molecular formula is C11H14ClNO3. The summed E-state index contributed by atoms with van der Waals surface area (Å²) < 4.78 is 9.91. The fraction of sp³-hybridized carbons (Fsp3) is 0.364. The third-order valence-corrected chi connectivity index (χ3v) is 1.79. The van der Waals surface area contributed by atoms with E-state index in [1.807, 2.05) is 0 Å². The van der Waals surface area contributed by atoms with Crippen LogP contribution in [0.15, 0.2) is 18.2 Å². The standard InChI is InChI=1S/C11H14ClNO3/c1-11(2,3)16-10(14)15-9-6-7(12)4-5-8(9)13/h4-6H,13H2,1-3H3. The summed E-state index contributed by atoms with van der Waals surface area (Å²) in [6.07, 6.45) is -0.804. The molecule has 16 heavy (non-hydrogen) atoms. The van der Waals surface area contributed by atoms with Crippen molar-refractivity contribution in [3.63, 3.8) is 0 Å². The van der Waals surface area contributed by atoms with E-state index < -0.39 is 11.8 Å². The topological polar surface area (TPSA) is 61.5 Å². The van der Waals surface area contributed by atoms with Gasteiger partial charge in [-0.25, -0.2) is 4.79 Å². The van der Waals surface area contributed by atoms with E-state index in [9.17, 15) is 4.79 Å². The van der Waals surface area contributed by atoms with Crippen molar-refractivity contribution >= 4 is 23.4 Å². The van der Waals surface area contributed by atoms with Gasteiger partial charge in [0.1, 0.15) is 5.60 Å². The van der Waals surface area contributed by atoms with Gasteiger partial charge in [-0.05, 0) is 32.9 Å². The highest BCUT2D eigenvalue weighted by atomic mass is 35.5. The smallest absolute Gasteiger partial charge is 0.428 e. The van der Waals surface area contributed by atoms with Crippen LogP contribution in [0, 0.1) is 0 Å². The quantitative estimate of drug-likeness (QED) is 0.467. The molecule has 0 aliphatic carbocycles. The maximum Gasteiger partial charge on any atom is 0.514 e. The second kappa shape index (κ2) is 4.61. The zero-order valence-corrected chi connectivity index (χ0v) is 10.2. The first kappa shape index (κ1) is 12.6. The van der Waals surface area contributed by atoms with E-state index in [1.54, 1.807) is 32.9 Å². The molecule has 0 bridgehead atoms. The van der Waals surface area contributed by atoms with Crippen molar-refractivity contribution in [2.45, 2.75) is 26.4 Å². The molecule has 5 heteroatoms. The van der Waals surface area contributed by atoms with Crippen molar-refractivity contribution in [3.8, 4) is 5.75 Å². The molecule has 0 aliphatic heterocycles. The number of hydrogen-bond acceptors (Lipinski definition) is 4. The normalized spacial score (nSPS) is 11.0. The van der Waals surface area contributed by atoms with Gasteiger partial charge in [-0.3, -0.25) is 0 Å². The summed E-state index contributed by atoms with van der Waals surface area (Å²) in [4.78, 5) is 11.3. The SMILES string of the molecule is CC(C)(C)OC(=O)Oc1cc(Cl)ccc1N. The number of carbonyl (C=O) groups is 1. The van der Waals surface area contributed by atoms with Crippen LogP contribution in [0.5, 0.6) is 5.75 Å². The first-order chi connectivity index (χ1) is 7.28. The Kier molecular flexibility index (Phi) is 3.65. The first-order valence-electron chi connectivity index (χ1n) is 4.74. The Bertz CT molecular complexity index is 399. The van der Waals surface area contributed by atoms with Crippen LogP contribution in [0.1, 0.15) is 20.8 Å². The Balaban J connectivity index is 2.73. The molecule has 0 saturated carbocycles. The van der Waals surface area contributed by atoms with Crippen molar-refractivity contribution in [2.24, 2.45) is 0 Å². The molecule has 0 unspecified atom stereocenters. The lowest BCUT2D eigenvalue weighted by Gasteiger charge is -2.19. The average Bonchev–Trinajstić information content (AvgIpc) is 2.08. The predicted molar refractivity (Wildman–Crippen MR) is 62.7 cm³/mol. The van der Waals surface area contributed by atoms with Gasteiger partial charge in [-0.15, -0.1) is 0 Å². The molecule has 0 radical (unpaired) electrons. The van der Waals surface area contributed by atoms with Crippen LogP contribution >= 0.6 is 11.6 Å². The summed E-state index contributed by atoms with van der Waals surface area (Å²) in [5, 5.41) is 0.438. The van der Waals surface area contributed by atoms with E-state index in [-0.39, 0.29) is 5.75 Å². The number of rotatable bonds is 1. The van der Waals surface area contributed by atoms with E-state index in [4.69, 9.17) is 26.8 Å². The maximum absolute atomic E-state index is 11.3. The van der Waals surface area contributed by atoms with E-state index in [2.05, 4.69) is 0 Å². The lowest BCUT2D eigenvalue weighted by atomic mass is 10.2. The number of hydrogen-bond donors (Lipinski definition) is 1. The van der Waals surface area contributed by atoms with Gasteiger partial charge in [0.2, 0.25) is 0 Å². The average molecular weight is 244 g/mol. The second-order valence-corrected chi connectivity index (χ2v) is 4.69. The van der Waals surface area contributed by atoms with E-state index in [0.29, 0.717) is 10.7 Å². The maximum atomic E-state index is 11.3. The van der Waals surface area contributed by atoms with Crippen molar-refractivity contribution < 1.29 is 14.3 Å². The summed E-state index contributed by atoms with van der Waals surface area (Å²) in [6, 6.07) is 4.63. The van der Waals surface area contributed by atoms with E-state index >= 15 is 0 Å². The molecule has 4 nitrogen and oxygen atoms in total. The van der Waals surface area contributed by atoms with Crippen LogP contribution in [0.4, 0.5) is 10.5 Å². The van der Waals surface area contributed by atoms with Gasteiger partial charge in [0.15, 0.2) is 5.75 Å². The predicted octanol–water partition coefficient (Wildman–Crippen LogP) is 3.24. The summed E-state index contributed by atoms with van der Waals surface area (Å²) in [5.74, 6) is 0.196. The third kappa shape index (κ3) is 3.98. The fourth-order valence-corrected chi connectivity index (χ4v) is 1.12. The van der Waals surface area contributed by atoms with Crippen molar-refractivity contribution in [1.82, 2.24) is 0 Å². The van der Waals surface area contributed by atoms with Gasteiger partial charge in [0, 0.05) is 11.1 Å². The Labute approximate surface area is 99.3 Å². The molecule has 0 fully saturated rings. The number of anilines is 1. The van der Waals surface area contributed by atoms with Crippen LogP contribution in [0.2, 0.25) is 5.02 Å². The van der Waals surface area contributed by atoms with Crippen molar-refractivity contribution in [1.29, 1.82) is 0 Å². The molecule has 0 amide bonds. The minimum atomic E-state index is -0.804. The Morgan fingerprint density at radius 3 is 2.56 bits per heavy atom. The molecule has 0 spiro atoms. The van der Waals surface area contributed by atoms with Gasteiger partial charge < -0.3 is 15.2 Å². The lowest BCUT2D eigenvalue weighted by molar-refractivity contribution is 0.0207. The number of halogens is 1. The molecule has 0 atom stereocenters. The minimum Gasteiger partial charge on any atom is -0.428 e. The second-order valence-electron chi connectivity index (χ2n) is 4.25. The molecule has 0 aromatic heterocycles. The monoisotopic (exact) mass is 243 g/mol. The highest BCUT2D eigenvalue weighted by Crippen LogP contribution is 2.26. The molecule has 1 aromatic rings. The highest BCUT2D eigenvalue weighted by molar-refractivity contribution is 6.30. The lowest BCUT2D eigenvalue weighted by Crippen LogP contribution is -2.26. The zero-order valence-electron chi connectivity index (χ0n) is 9.41. The van der Waals surface area contributed by atoms with E-state index in [0.717, 1.165) is 0 Å². The summed E-state index contributed by atoms with van der Waals surface area (Å²) >= 11 is 5.75. The summed E-state index contributed by atoms with van der Waals surface area (Å²) in [6.45, 7) is 5.24. The van der Waals surface area contributed by atoms with Gasteiger partial charge in [0.05, 0.1) is 5.69 Å². The number of benzene rings is 1. The Hall–Kier alpha value is -1.42. The molecule has 1 aromatic carbocycles. The summed E-state index contributed by atoms with van der Waals surface area (Å²) in [7, 11) is 0. The van der Waals surface area contributed by atoms with E-state index in [1.165, 1.54) is 6.07 Å². The van der Waals surface area contributed by atoms with Crippen LogP contribution < -0.4 is 10.5 Å². The molecule has 2 N–H and O–H groups in total. The van der Waals surface area contributed by atoms with Gasteiger partial charge >= 0.3 is 6.16 Å². The number of ether oxygens (including phenoxy) is 2. The minimum absolute atomic E-state index is 0.196. The van der Waals surface area contributed by atoms with Gasteiger partial charge in [0.25, 0.3) is 0 Å². The van der Waals surface area contributed by atoms with Crippen LogP contribution in [0.25, 0.3) is 0 Å². The van der Waals surface area contributed by atoms with Crippen molar-refractivity contribution in [3.05, 3.63) is 23.2 Å². The molecule has 0 aliphatic rings. The van der Waals surface area contributed by atoms with Crippen LogP contribution in [-0.4, -0.2) is 11.8 Å². The number of nitrogen functional groups attached to an aromatic ring is 1. The Morgan fingerprint density at radius 2 is 2.00 bits per heavy atom. The largest absolute Gasteiger partial charge is 0.514 e. The summed E-state index contributed by atoms with van der Waals surface area (Å²) in [5.41, 5.74) is 5.33. The number of nitrogens with two attached hydrogens (primary N) is 1. The Morgan fingerprint density at radius 1 is 1.38 bits per heavy atom. The molecular weight excluding hydrogens is 230 g/mol. The molecule has 88 valence electrons. The number of carbonyl (C=O) groups excluding carboxylic acids is 1.